The third-order valence-electron chi connectivity index (χ3n) is 5.50. The van der Waals surface area contributed by atoms with Gasteiger partial charge < -0.3 is 14.2 Å². The Balaban J connectivity index is 1.60. The summed E-state index contributed by atoms with van der Waals surface area (Å²) in [6, 6.07) is 10.4. The van der Waals surface area contributed by atoms with Crippen molar-refractivity contribution in [3.8, 4) is 16.9 Å². The van der Waals surface area contributed by atoms with E-state index < -0.39 is 5.79 Å². The van der Waals surface area contributed by atoms with Crippen molar-refractivity contribution in [3.05, 3.63) is 52.6 Å². The van der Waals surface area contributed by atoms with Crippen LogP contribution in [0.1, 0.15) is 46.8 Å². The van der Waals surface area contributed by atoms with Crippen molar-refractivity contribution in [2.75, 3.05) is 13.2 Å². The number of ether oxygens (including phenoxy) is 3. The molecule has 2 aromatic rings. The maximum atomic E-state index is 12.2. The Hall–Kier alpha value is -2.17. The van der Waals surface area contributed by atoms with Crippen LogP contribution in [-0.2, 0) is 28.3 Å². The average Bonchev–Trinajstić information content (AvgIpc) is 3.08. The van der Waals surface area contributed by atoms with Gasteiger partial charge in [0.15, 0.2) is 11.6 Å². The highest BCUT2D eigenvalue weighted by Crippen LogP contribution is 2.42. The number of aryl methyl sites for hydroxylation is 1. The lowest BCUT2D eigenvalue weighted by Gasteiger charge is -2.27. The lowest BCUT2D eigenvalue weighted by atomic mass is 9.85. The number of hydrogen-bond donors (Lipinski definition) is 0. The van der Waals surface area contributed by atoms with E-state index in [0.29, 0.717) is 26.2 Å². The Kier molecular flexibility index (Phi) is 3.27. The fourth-order valence-electron chi connectivity index (χ4n) is 4.09. The minimum atomic E-state index is -0.669. The minimum absolute atomic E-state index is 0.234. The fraction of sp³-hybridized carbons (Fsp3) is 0.381. The van der Waals surface area contributed by atoms with Crippen LogP contribution in [0.4, 0.5) is 0 Å². The highest BCUT2D eigenvalue weighted by Gasteiger charge is 2.34. The van der Waals surface area contributed by atoms with Crippen LogP contribution in [0.2, 0.25) is 0 Å². The Bertz CT molecular complexity index is 878. The van der Waals surface area contributed by atoms with Crippen LogP contribution in [0.3, 0.4) is 0 Å². The molecule has 25 heavy (non-hydrogen) atoms. The van der Waals surface area contributed by atoms with E-state index in [4.69, 9.17) is 14.2 Å². The lowest BCUT2D eigenvalue weighted by molar-refractivity contribution is -0.149. The summed E-state index contributed by atoms with van der Waals surface area (Å²) >= 11 is 0. The summed E-state index contributed by atoms with van der Waals surface area (Å²) in [7, 11) is 0. The number of rotatable bonds is 1. The monoisotopic (exact) mass is 336 g/mol. The molecule has 4 heteroatoms. The number of carbonyl (C=O) groups is 1. The van der Waals surface area contributed by atoms with Crippen molar-refractivity contribution in [1.29, 1.82) is 0 Å². The van der Waals surface area contributed by atoms with Crippen LogP contribution >= 0.6 is 0 Å². The SMILES string of the molecule is CC1(c2ccc3c(c2)COc2cc4c(cc2-3)CCCC4=O)OCCO1. The predicted molar refractivity (Wildman–Crippen MR) is 92.7 cm³/mol. The highest BCUT2D eigenvalue weighted by atomic mass is 16.7. The molecule has 2 aliphatic heterocycles. The van der Waals surface area contributed by atoms with Crippen molar-refractivity contribution >= 4 is 5.78 Å². The molecule has 0 bridgehead atoms. The van der Waals surface area contributed by atoms with Crippen molar-refractivity contribution in [2.24, 2.45) is 0 Å². The molecule has 128 valence electrons. The standard InChI is InChI=1S/C21H20O4/c1-21(24-7-8-25-21)15-5-6-16-14(9-15)12-23-20-11-17-13(10-18(16)20)3-2-4-19(17)22/h5-6,9-11H,2-4,7-8,12H2,1H3. The van der Waals surface area contributed by atoms with Gasteiger partial charge in [0.2, 0.25) is 0 Å². The van der Waals surface area contributed by atoms with Crippen molar-refractivity contribution < 1.29 is 19.0 Å². The Morgan fingerprint density at radius 2 is 1.76 bits per heavy atom. The predicted octanol–water partition coefficient (Wildman–Crippen LogP) is 3.98. The van der Waals surface area contributed by atoms with Gasteiger partial charge in [-0.1, -0.05) is 12.1 Å². The Labute approximate surface area is 146 Å². The molecule has 0 radical (unpaired) electrons. The normalized spacial score (nSPS) is 20.4. The first kappa shape index (κ1) is 15.1. The van der Waals surface area contributed by atoms with Crippen LogP contribution in [0.25, 0.3) is 11.1 Å². The second-order valence-electron chi connectivity index (χ2n) is 7.09. The van der Waals surface area contributed by atoms with Gasteiger partial charge in [0.05, 0.1) is 13.2 Å². The third-order valence-corrected chi connectivity index (χ3v) is 5.50. The summed E-state index contributed by atoms with van der Waals surface area (Å²) in [6.07, 6.45) is 2.54. The zero-order chi connectivity index (χ0) is 17.0. The van der Waals surface area contributed by atoms with Gasteiger partial charge in [0.25, 0.3) is 0 Å². The molecule has 0 N–H and O–H groups in total. The van der Waals surface area contributed by atoms with Gasteiger partial charge in [-0.15, -0.1) is 0 Å². The first-order valence-corrected chi connectivity index (χ1v) is 8.89. The summed E-state index contributed by atoms with van der Waals surface area (Å²) in [5, 5.41) is 0. The quantitative estimate of drug-likeness (QED) is 0.790. The number of Topliss-reactive ketones (excluding diaryl/α,β-unsaturated/α-hetero) is 1. The molecule has 4 nitrogen and oxygen atoms in total. The molecule has 5 rings (SSSR count). The fourth-order valence-corrected chi connectivity index (χ4v) is 4.09. The molecule has 0 saturated carbocycles. The molecule has 0 aromatic heterocycles. The van der Waals surface area contributed by atoms with Gasteiger partial charge in [-0.2, -0.15) is 0 Å². The van der Waals surface area contributed by atoms with Crippen molar-refractivity contribution in [2.45, 2.75) is 38.6 Å². The van der Waals surface area contributed by atoms with Crippen LogP contribution in [0.15, 0.2) is 30.3 Å². The summed E-state index contributed by atoms with van der Waals surface area (Å²) in [5.41, 5.74) is 6.39. The van der Waals surface area contributed by atoms with E-state index in [1.54, 1.807) is 0 Å². The topological polar surface area (TPSA) is 44.8 Å². The number of hydrogen-bond acceptors (Lipinski definition) is 4. The second-order valence-corrected chi connectivity index (χ2v) is 7.09. The van der Waals surface area contributed by atoms with Gasteiger partial charge in [-0.25, -0.2) is 0 Å². The molecule has 0 unspecified atom stereocenters. The third kappa shape index (κ3) is 2.32. The molecule has 0 amide bonds. The molecule has 0 atom stereocenters. The van der Waals surface area contributed by atoms with Gasteiger partial charge in [-0.05, 0) is 54.7 Å². The van der Waals surface area contributed by atoms with Crippen LogP contribution in [0.5, 0.6) is 5.75 Å². The maximum absolute atomic E-state index is 12.2. The smallest absolute Gasteiger partial charge is 0.192 e. The summed E-state index contributed by atoms with van der Waals surface area (Å²) in [6.45, 7) is 3.70. The lowest BCUT2D eigenvalue weighted by Crippen LogP contribution is -2.23. The first-order chi connectivity index (χ1) is 12.1. The van der Waals surface area contributed by atoms with E-state index in [9.17, 15) is 4.79 Å². The maximum Gasteiger partial charge on any atom is 0.192 e. The van der Waals surface area contributed by atoms with E-state index in [1.807, 2.05) is 13.0 Å². The van der Waals surface area contributed by atoms with E-state index >= 15 is 0 Å². The van der Waals surface area contributed by atoms with Gasteiger partial charge in [-0.3, -0.25) is 4.79 Å². The summed E-state index contributed by atoms with van der Waals surface area (Å²) in [5.74, 6) is 0.378. The van der Waals surface area contributed by atoms with E-state index in [1.165, 1.54) is 5.56 Å². The molecule has 1 saturated heterocycles. The van der Waals surface area contributed by atoms with Gasteiger partial charge in [0, 0.05) is 23.1 Å². The van der Waals surface area contributed by atoms with Crippen LogP contribution < -0.4 is 4.74 Å². The van der Waals surface area contributed by atoms with Crippen molar-refractivity contribution in [3.63, 3.8) is 0 Å². The van der Waals surface area contributed by atoms with Gasteiger partial charge in [0.1, 0.15) is 12.4 Å². The Morgan fingerprint density at radius 3 is 2.60 bits per heavy atom. The molecule has 1 fully saturated rings. The number of carbonyl (C=O) groups excluding carboxylic acids is 1. The van der Waals surface area contributed by atoms with Crippen LogP contribution in [-0.4, -0.2) is 19.0 Å². The molecule has 0 spiro atoms. The van der Waals surface area contributed by atoms with Gasteiger partial charge >= 0.3 is 0 Å². The highest BCUT2D eigenvalue weighted by molar-refractivity contribution is 6.00. The van der Waals surface area contributed by atoms with Crippen LogP contribution in [0, 0.1) is 0 Å². The number of benzene rings is 2. The minimum Gasteiger partial charge on any atom is -0.488 e. The number of fused-ring (bicyclic) bond motifs is 4. The second kappa shape index (κ2) is 5.41. The molecule has 2 heterocycles. The zero-order valence-electron chi connectivity index (χ0n) is 14.3. The van der Waals surface area contributed by atoms with E-state index in [0.717, 1.165) is 46.4 Å². The van der Waals surface area contributed by atoms with E-state index in [2.05, 4.69) is 24.3 Å². The zero-order valence-corrected chi connectivity index (χ0v) is 14.3. The molecular formula is C21H20O4. The largest absolute Gasteiger partial charge is 0.488 e. The molecular weight excluding hydrogens is 316 g/mol. The average molecular weight is 336 g/mol. The molecule has 3 aliphatic rings. The van der Waals surface area contributed by atoms with E-state index in [-0.39, 0.29) is 5.78 Å². The molecule has 2 aromatic carbocycles. The summed E-state index contributed by atoms with van der Waals surface area (Å²) < 4.78 is 17.5. The van der Waals surface area contributed by atoms with Crippen molar-refractivity contribution in [1.82, 2.24) is 0 Å². The first-order valence-electron chi connectivity index (χ1n) is 8.89. The molecule has 1 aliphatic carbocycles. The number of ketones is 1. The Morgan fingerprint density at radius 1 is 0.920 bits per heavy atom. The summed E-state index contributed by atoms with van der Waals surface area (Å²) in [4.78, 5) is 12.2.